The first kappa shape index (κ1) is 36.8. The van der Waals surface area contributed by atoms with Crippen LogP contribution in [0.2, 0.25) is 0 Å². The molecular formula is C28H44N2O11S. The summed E-state index contributed by atoms with van der Waals surface area (Å²) in [7, 11) is -4.23. The van der Waals surface area contributed by atoms with Crippen molar-refractivity contribution in [3.8, 4) is 0 Å². The predicted molar refractivity (Wildman–Crippen MR) is 153 cm³/mol. The predicted octanol–water partition coefficient (Wildman–Crippen LogP) is 5.05. The summed E-state index contributed by atoms with van der Waals surface area (Å²) in [6, 6.07) is 2.95. The van der Waals surface area contributed by atoms with Crippen LogP contribution in [-0.4, -0.2) is 60.8 Å². The molecule has 1 amide bonds. The van der Waals surface area contributed by atoms with Crippen molar-refractivity contribution in [2.24, 2.45) is 5.92 Å². The van der Waals surface area contributed by atoms with E-state index in [2.05, 4.69) is 5.32 Å². The van der Waals surface area contributed by atoms with Gasteiger partial charge in [0.15, 0.2) is 0 Å². The van der Waals surface area contributed by atoms with Gasteiger partial charge in [0.25, 0.3) is 15.8 Å². The number of hydrogen-bond acceptors (Lipinski definition) is 11. The third-order valence-corrected chi connectivity index (χ3v) is 7.06. The Labute approximate surface area is 247 Å². The van der Waals surface area contributed by atoms with E-state index >= 15 is 0 Å². The van der Waals surface area contributed by atoms with Gasteiger partial charge in [0, 0.05) is 12.1 Å². The molecule has 13 nitrogen and oxygen atoms in total. The fourth-order valence-corrected chi connectivity index (χ4v) is 4.32. The quantitative estimate of drug-likeness (QED) is 0.0738. The Morgan fingerprint density at radius 1 is 0.905 bits per heavy atom. The highest BCUT2D eigenvalue weighted by atomic mass is 32.2. The second-order valence-electron chi connectivity index (χ2n) is 12.4. The molecule has 14 heteroatoms. The van der Waals surface area contributed by atoms with Crippen LogP contribution in [-0.2, 0) is 38.1 Å². The largest absolute Gasteiger partial charge is 0.460 e. The first-order valence-corrected chi connectivity index (χ1v) is 15.0. The maximum Gasteiger partial charge on any atom is 0.408 e. The van der Waals surface area contributed by atoms with E-state index in [9.17, 15) is 32.9 Å². The van der Waals surface area contributed by atoms with Crippen LogP contribution < -0.4 is 5.32 Å². The van der Waals surface area contributed by atoms with Crippen molar-refractivity contribution < 1.29 is 46.1 Å². The van der Waals surface area contributed by atoms with E-state index in [1.807, 2.05) is 6.92 Å². The van der Waals surface area contributed by atoms with Crippen LogP contribution in [0.25, 0.3) is 0 Å². The fraction of sp³-hybridized carbons (Fsp3) is 0.679. The van der Waals surface area contributed by atoms with Crippen molar-refractivity contribution in [3.63, 3.8) is 0 Å². The molecule has 0 radical (unpaired) electrons. The molecule has 1 N–H and O–H groups in total. The average molecular weight is 617 g/mol. The minimum Gasteiger partial charge on any atom is -0.460 e. The lowest BCUT2D eigenvalue weighted by atomic mass is 9.94. The minimum absolute atomic E-state index is 0.0433. The van der Waals surface area contributed by atoms with E-state index in [0.29, 0.717) is 6.42 Å². The molecule has 0 aliphatic carbocycles. The van der Waals surface area contributed by atoms with E-state index in [-0.39, 0.29) is 36.5 Å². The van der Waals surface area contributed by atoms with Crippen LogP contribution in [0.4, 0.5) is 10.5 Å². The summed E-state index contributed by atoms with van der Waals surface area (Å²) in [5.41, 5.74) is -2.82. The lowest BCUT2D eigenvalue weighted by molar-refractivity contribution is -0.384. The molecule has 2 atom stereocenters. The number of non-ortho nitro benzene ring substituents is 1. The van der Waals surface area contributed by atoms with E-state index in [1.54, 1.807) is 55.4 Å². The monoisotopic (exact) mass is 616 g/mol. The van der Waals surface area contributed by atoms with Gasteiger partial charge in [-0.15, -0.1) is 0 Å². The van der Waals surface area contributed by atoms with Gasteiger partial charge in [0.2, 0.25) is 0 Å². The average Bonchev–Trinajstić information content (AvgIpc) is 2.82. The molecule has 0 fully saturated rings. The Morgan fingerprint density at radius 3 is 1.93 bits per heavy atom. The molecule has 0 saturated heterocycles. The molecule has 0 spiro atoms. The maximum atomic E-state index is 13.2. The summed E-state index contributed by atoms with van der Waals surface area (Å²) in [4.78, 5) is 48.8. The molecule has 0 bridgehead atoms. The second kappa shape index (κ2) is 14.8. The number of hydrogen-bond donors (Lipinski definition) is 1. The van der Waals surface area contributed by atoms with Gasteiger partial charge < -0.3 is 19.5 Å². The summed E-state index contributed by atoms with van der Waals surface area (Å²) in [6.45, 7) is 14.9. The van der Waals surface area contributed by atoms with Crippen LogP contribution >= 0.6 is 0 Å². The topological polar surface area (TPSA) is 177 Å². The highest BCUT2D eigenvalue weighted by molar-refractivity contribution is 7.86. The first-order chi connectivity index (χ1) is 19.0. The number of alkyl carbamates (subject to hydrolysis) is 1. The lowest BCUT2D eigenvalue weighted by Gasteiger charge is -2.30. The maximum absolute atomic E-state index is 13.2. The van der Waals surface area contributed by atoms with Gasteiger partial charge in [-0.3, -0.25) is 19.1 Å². The Kier molecular flexibility index (Phi) is 12.9. The number of carbonyl (C=O) groups excluding carboxylic acids is 3. The zero-order chi connectivity index (χ0) is 32.5. The van der Waals surface area contributed by atoms with Gasteiger partial charge >= 0.3 is 18.0 Å². The molecule has 0 saturated carbocycles. The highest BCUT2D eigenvalue weighted by Crippen LogP contribution is 2.24. The number of esters is 2. The smallest absolute Gasteiger partial charge is 0.408 e. The summed E-state index contributed by atoms with van der Waals surface area (Å²) >= 11 is 0. The summed E-state index contributed by atoms with van der Waals surface area (Å²) < 4.78 is 46.6. The number of nitrogens with zero attached hydrogens (tertiary/aromatic N) is 1. The third kappa shape index (κ3) is 13.6. The highest BCUT2D eigenvalue weighted by Gasteiger charge is 2.35. The van der Waals surface area contributed by atoms with Gasteiger partial charge in [0.1, 0.15) is 22.8 Å². The van der Waals surface area contributed by atoms with Gasteiger partial charge in [0.05, 0.1) is 22.3 Å². The number of rotatable bonds is 14. The van der Waals surface area contributed by atoms with Crippen LogP contribution in [0, 0.1) is 16.0 Å². The number of nitrogens with one attached hydrogen (secondary N) is 1. The Bertz CT molecular complexity index is 1200. The molecule has 0 heterocycles. The van der Waals surface area contributed by atoms with Crippen LogP contribution in [0.1, 0.15) is 88.0 Å². The normalized spacial score (nSPS) is 13.9. The van der Waals surface area contributed by atoms with Gasteiger partial charge in [-0.1, -0.05) is 6.92 Å². The van der Waals surface area contributed by atoms with Crippen LogP contribution in [0.3, 0.4) is 0 Å². The summed E-state index contributed by atoms with van der Waals surface area (Å²) in [5.74, 6) is -2.37. The number of benzene rings is 1. The van der Waals surface area contributed by atoms with Crippen molar-refractivity contribution >= 4 is 33.8 Å². The zero-order valence-corrected chi connectivity index (χ0v) is 26.7. The lowest BCUT2D eigenvalue weighted by Crippen LogP contribution is -2.48. The van der Waals surface area contributed by atoms with Crippen LogP contribution in [0.5, 0.6) is 0 Å². The SMILES string of the molecule is CCC(C)(C)OC(=O)[C@H](C[C@@H](CCCOS(=O)(=O)c1ccc([N+](=O)[O-])cc1)C(=O)OC(C)(C)C)NC(=O)OC(C)(C)C. The van der Waals surface area contributed by atoms with Crippen molar-refractivity contribution in [2.75, 3.05) is 6.61 Å². The standard InChI is InChI=1S/C28H44N2O11S/c1-10-28(8,9)40-24(32)22(29-25(33)41-27(5,6)7)18-19(23(31)39-26(2,3)4)12-11-17-38-42(36,37)21-15-13-20(14-16-21)30(34)35/h13-16,19,22H,10-12,17-18H2,1-9H3,(H,29,33)/t19-,22+/m1/s1. The Morgan fingerprint density at radius 2 is 1.45 bits per heavy atom. The number of carbonyl (C=O) groups is 3. The van der Waals surface area contributed by atoms with E-state index in [1.165, 1.54) is 0 Å². The summed E-state index contributed by atoms with van der Waals surface area (Å²) in [6.07, 6.45) is -0.485. The molecular weight excluding hydrogens is 572 g/mol. The number of amides is 1. The van der Waals surface area contributed by atoms with Crippen molar-refractivity contribution in [1.82, 2.24) is 5.32 Å². The Hall–Kier alpha value is -3.26. The van der Waals surface area contributed by atoms with Crippen LogP contribution in [0.15, 0.2) is 29.2 Å². The molecule has 238 valence electrons. The van der Waals surface area contributed by atoms with Crippen molar-refractivity contribution in [2.45, 2.75) is 116 Å². The van der Waals surface area contributed by atoms with E-state index < -0.39 is 61.8 Å². The molecule has 0 aliphatic heterocycles. The molecule has 0 aromatic heterocycles. The zero-order valence-electron chi connectivity index (χ0n) is 25.8. The van der Waals surface area contributed by atoms with Crippen molar-refractivity contribution in [3.05, 3.63) is 34.4 Å². The molecule has 1 aromatic rings. The van der Waals surface area contributed by atoms with Gasteiger partial charge in [-0.25, -0.2) is 9.59 Å². The third-order valence-electron chi connectivity index (χ3n) is 5.74. The molecule has 0 aliphatic rings. The molecule has 1 aromatic carbocycles. The summed E-state index contributed by atoms with van der Waals surface area (Å²) in [5, 5.41) is 13.3. The molecule has 42 heavy (non-hydrogen) atoms. The van der Waals surface area contributed by atoms with Gasteiger partial charge in [-0.2, -0.15) is 8.42 Å². The van der Waals surface area contributed by atoms with E-state index in [4.69, 9.17) is 18.4 Å². The van der Waals surface area contributed by atoms with Crippen molar-refractivity contribution in [1.29, 1.82) is 0 Å². The van der Waals surface area contributed by atoms with Gasteiger partial charge in [-0.05, 0) is 93.2 Å². The molecule has 0 unspecified atom stereocenters. The number of nitro groups is 1. The fourth-order valence-electron chi connectivity index (χ4n) is 3.38. The molecule has 1 rings (SSSR count). The number of nitro benzene ring substituents is 1. The first-order valence-electron chi connectivity index (χ1n) is 13.6. The second-order valence-corrected chi connectivity index (χ2v) is 14.0. The Balaban J connectivity index is 3.11. The number of ether oxygens (including phenoxy) is 3. The minimum atomic E-state index is -4.23. The van der Waals surface area contributed by atoms with E-state index in [0.717, 1.165) is 24.3 Å².